The second kappa shape index (κ2) is 8.13. The first-order valence-electron chi connectivity index (χ1n) is 8.14. The van der Waals surface area contributed by atoms with Gasteiger partial charge in [0.25, 0.3) is 5.69 Å². The van der Waals surface area contributed by atoms with Crippen molar-refractivity contribution < 1.29 is 9.66 Å². The Bertz CT molecular complexity index is 465. The van der Waals surface area contributed by atoms with E-state index in [2.05, 4.69) is 18.7 Å². The summed E-state index contributed by atoms with van der Waals surface area (Å²) < 4.78 is 5.63. The summed E-state index contributed by atoms with van der Waals surface area (Å²) in [6.07, 6.45) is 3.49. The van der Waals surface area contributed by atoms with Crippen LogP contribution >= 0.6 is 0 Å². The van der Waals surface area contributed by atoms with Crippen LogP contribution in [0.3, 0.4) is 0 Å². The van der Waals surface area contributed by atoms with Crippen LogP contribution in [0.1, 0.15) is 33.1 Å². The number of non-ortho nitro benzene ring substituents is 1. The summed E-state index contributed by atoms with van der Waals surface area (Å²) in [6.45, 7) is 8.90. The highest BCUT2D eigenvalue weighted by Gasteiger charge is 2.20. The van der Waals surface area contributed by atoms with E-state index in [0.29, 0.717) is 12.4 Å². The lowest BCUT2D eigenvalue weighted by Crippen LogP contribution is -2.39. The number of nitrogens with zero attached hydrogens (tertiary/aromatic N) is 2. The topological polar surface area (TPSA) is 55.6 Å². The smallest absolute Gasteiger partial charge is 0.269 e. The summed E-state index contributed by atoms with van der Waals surface area (Å²) in [7, 11) is 0. The molecule has 0 aliphatic carbocycles. The lowest BCUT2D eigenvalue weighted by atomic mass is 9.92. The second-order valence-corrected chi connectivity index (χ2v) is 6.51. The van der Waals surface area contributed by atoms with Gasteiger partial charge in [0.05, 0.1) is 11.5 Å². The average molecular weight is 306 g/mol. The summed E-state index contributed by atoms with van der Waals surface area (Å²) in [4.78, 5) is 12.7. The van der Waals surface area contributed by atoms with Crippen molar-refractivity contribution in [2.45, 2.75) is 33.1 Å². The van der Waals surface area contributed by atoms with E-state index in [1.807, 2.05) is 0 Å². The van der Waals surface area contributed by atoms with E-state index >= 15 is 0 Å². The third kappa shape index (κ3) is 5.30. The molecular formula is C17H26N2O3. The molecule has 1 aromatic carbocycles. The summed E-state index contributed by atoms with van der Waals surface area (Å²) in [5.41, 5.74) is 0.0979. The molecule has 22 heavy (non-hydrogen) atoms. The standard InChI is InChI=1S/C17H26N2O3/c1-14-11-15(2)13-18(12-14)9-3-4-10-22-17-7-5-16(6-8-17)19(20)21/h5-8,14-15H,3-4,9-13H2,1-2H3/t14-,15-/m0/s1. The molecule has 5 nitrogen and oxygen atoms in total. The van der Waals surface area contributed by atoms with Crippen LogP contribution < -0.4 is 4.74 Å². The summed E-state index contributed by atoms with van der Waals surface area (Å²) in [6, 6.07) is 6.27. The fourth-order valence-electron chi connectivity index (χ4n) is 3.27. The van der Waals surface area contributed by atoms with Gasteiger partial charge in [-0.05, 0) is 49.8 Å². The van der Waals surface area contributed by atoms with Crippen LogP contribution in [0.5, 0.6) is 5.75 Å². The van der Waals surface area contributed by atoms with Crippen LogP contribution in [-0.2, 0) is 0 Å². The van der Waals surface area contributed by atoms with E-state index in [9.17, 15) is 10.1 Å². The highest BCUT2D eigenvalue weighted by atomic mass is 16.6. The predicted molar refractivity (Wildman–Crippen MR) is 87.2 cm³/mol. The Kier molecular flexibility index (Phi) is 6.19. The van der Waals surface area contributed by atoms with E-state index < -0.39 is 4.92 Å². The van der Waals surface area contributed by atoms with Crippen molar-refractivity contribution in [2.75, 3.05) is 26.2 Å². The monoisotopic (exact) mass is 306 g/mol. The van der Waals surface area contributed by atoms with Gasteiger partial charge in [-0.3, -0.25) is 10.1 Å². The maximum Gasteiger partial charge on any atom is 0.269 e. The molecule has 0 spiro atoms. The van der Waals surface area contributed by atoms with Crippen LogP contribution in [0.25, 0.3) is 0 Å². The molecule has 0 N–H and O–H groups in total. The number of benzene rings is 1. The van der Waals surface area contributed by atoms with Crippen LogP contribution in [0.2, 0.25) is 0 Å². The van der Waals surface area contributed by atoms with Crippen molar-refractivity contribution in [3.8, 4) is 5.75 Å². The van der Waals surface area contributed by atoms with Crippen LogP contribution in [0.4, 0.5) is 5.69 Å². The molecule has 1 aliphatic rings. The van der Waals surface area contributed by atoms with Gasteiger partial charge < -0.3 is 9.64 Å². The molecule has 0 unspecified atom stereocenters. The van der Waals surface area contributed by atoms with Crippen LogP contribution in [0.15, 0.2) is 24.3 Å². The van der Waals surface area contributed by atoms with Crippen molar-refractivity contribution in [3.63, 3.8) is 0 Å². The van der Waals surface area contributed by atoms with Crippen molar-refractivity contribution >= 4 is 5.69 Å². The average Bonchev–Trinajstić information content (AvgIpc) is 2.46. The van der Waals surface area contributed by atoms with E-state index in [-0.39, 0.29) is 5.69 Å². The minimum atomic E-state index is -0.398. The minimum absolute atomic E-state index is 0.0979. The zero-order chi connectivity index (χ0) is 15.9. The lowest BCUT2D eigenvalue weighted by molar-refractivity contribution is -0.384. The molecule has 2 atom stereocenters. The molecule has 1 aliphatic heterocycles. The highest BCUT2D eigenvalue weighted by molar-refractivity contribution is 5.35. The zero-order valence-electron chi connectivity index (χ0n) is 13.5. The Morgan fingerprint density at radius 1 is 1.18 bits per heavy atom. The first-order chi connectivity index (χ1) is 10.5. The minimum Gasteiger partial charge on any atom is -0.494 e. The number of piperidine rings is 1. The number of nitro groups is 1. The van der Waals surface area contributed by atoms with E-state index in [1.54, 1.807) is 12.1 Å². The zero-order valence-corrected chi connectivity index (χ0v) is 13.5. The third-order valence-electron chi connectivity index (χ3n) is 4.13. The van der Waals surface area contributed by atoms with Crippen molar-refractivity contribution in [1.29, 1.82) is 0 Å². The fraction of sp³-hybridized carbons (Fsp3) is 0.647. The molecule has 0 radical (unpaired) electrons. The van der Waals surface area contributed by atoms with Gasteiger partial charge in [0, 0.05) is 25.2 Å². The van der Waals surface area contributed by atoms with Gasteiger partial charge >= 0.3 is 0 Å². The Balaban J connectivity index is 1.62. The van der Waals surface area contributed by atoms with Gasteiger partial charge in [-0.2, -0.15) is 0 Å². The second-order valence-electron chi connectivity index (χ2n) is 6.51. The van der Waals surface area contributed by atoms with Gasteiger partial charge in [0.1, 0.15) is 5.75 Å². The molecule has 0 bridgehead atoms. The lowest BCUT2D eigenvalue weighted by Gasteiger charge is -2.34. The van der Waals surface area contributed by atoms with Crippen molar-refractivity contribution in [2.24, 2.45) is 11.8 Å². The van der Waals surface area contributed by atoms with Gasteiger partial charge in [-0.25, -0.2) is 0 Å². The summed E-state index contributed by atoms with van der Waals surface area (Å²) >= 11 is 0. The SMILES string of the molecule is C[C@H]1C[C@H](C)CN(CCCCOc2ccc([N+](=O)[O-])cc2)C1. The number of nitro benzene ring substituents is 1. The van der Waals surface area contributed by atoms with Crippen molar-refractivity contribution in [3.05, 3.63) is 34.4 Å². The molecule has 122 valence electrons. The number of hydrogen-bond donors (Lipinski definition) is 0. The molecule has 5 heteroatoms. The molecule has 0 amide bonds. The number of unbranched alkanes of at least 4 members (excludes halogenated alkanes) is 1. The number of rotatable bonds is 7. The van der Waals surface area contributed by atoms with Gasteiger partial charge in [-0.15, -0.1) is 0 Å². The van der Waals surface area contributed by atoms with Gasteiger partial charge in [0.15, 0.2) is 0 Å². The Morgan fingerprint density at radius 2 is 1.82 bits per heavy atom. The van der Waals surface area contributed by atoms with Gasteiger partial charge in [0.2, 0.25) is 0 Å². The van der Waals surface area contributed by atoms with E-state index in [0.717, 1.165) is 31.2 Å². The maximum atomic E-state index is 10.6. The van der Waals surface area contributed by atoms with Gasteiger partial charge in [-0.1, -0.05) is 13.8 Å². The summed E-state index contributed by atoms with van der Waals surface area (Å²) in [5.74, 6) is 2.31. The first kappa shape index (κ1) is 16.7. The highest BCUT2D eigenvalue weighted by Crippen LogP contribution is 2.21. The van der Waals surface area contributed by atoms with Crippen molar-refractivity contribution in [1.82, 2.24) is 4.90 Å². The van der Waals surface area contributed by atoms with E-state index in [1.165, 1.54) is 31.6 Å². The molecule has 1 aromatic rings. The largest absolute Gasteiger partial charge is 0.494 e. The number of ether oxygens (including phenoxy) is 1. The maximum absolute atomic E-state index is 10.6. The Labute approximate surface area is 132 Å². The molecule has 0 saturated carbocycles. The number of likely N-dealkylation sites (tertiary alicyclic amines) is 1. The molecular weight excluding hydrogens is 280 g/mol. The molecule has 1 saturated heterocycles. The fourth-order valence-corrected chi connectivity index (χ4v) is 3.27. The molecule has 0 aromatic heterocycles. The molecule has 1 fully saturated rings. The third-order valence-corrected chi connectivity index (χ3v) is 4.13. The predicted octanol–water partition coefficient (Wildman–Crippen LogP) is 3.73. The summed E-state index contributed by atoms with van der Waals surface area (Å²) in [5, 5.41) is 10.6. The number of hydrogen-bond acceptors (Lipinski definition) is 4. The Morgan fingerprint density at radius 3 is 2.41 bits per heavy atom. The first-order valence-corrected chi connectivity index (χ1v) is 8.14. The molecule has 1 heterocycles. The van der Waals surface area contributed by atoms with E-state index in [4.69, 9.17) is 4.74 Å². The Hall–Kier alpha value is -1.62. The quantitative estimate of drug-likeness (QED) is 0.437. The van der Waals surface area contributed by atoms with Crippen LogP contribution in [0, 0.1) is 22.0 Å². The normalized spacial score (nSPS) is 22.5. The molecule has 2 rings (SSSR count). The van der Waals surface area contributed by atoms with Crippen LogP contribution in [-0.4, -0.2) is 36.1 Å².